The maximum atomic E-state index is 11.5. The smallest absolute Gasteiger partial charge is 0.329 e. The van der Waals surface area contributed by atoms with E-state index in [1.807, 2.05) is 41.5 Å². The highest BCUT2D eigenvalue weighted by Gasteiger charge is 2.33. The standard InChI is InChI=1S/C12H22O3.C11H20O3.C9H16O3.C8H15NO3.C8H14O3.C7H12O4/c1-6-15-11(14)8-12(4,5)7-10(13)9(2)3;1-6-14-10(13)11(4,5)7-9(12)8(2)3;1-6(2)7(10)5-9(3,4)8(11)12;1-6(2)7(10)4-9(3)5-8(11)12;1-5(2)8(11)6(3)4-7(9)10;1-5(2)6(8)3-11-4-7(9)10/h9H,6-8H2,1-5H3;8H,6-7H2,1-5H3;6H,5H2,1-4H3,(H,11,12);6H,4-5H2,1-3H3,(H,11,12);5-6H,4H2,1-3H3,(H,9,10);5H,3-4H2,1-2H3,(H,9,10). The summed E-state index contributed by atoms with van der Waals surface area (Å²) in [6, 6.07) is 0. The van der Waals surface area contributed by atoms with E-state index in [1.165, 1.54) is 4.90 Å². The zero-order valence-electron chi connectivity index (χ0n) is 49.7. The van der Waals surface area contributed by atoms with Gasteiger partial charge >= 0.3 is 35.8 Å². The fourth-order valence-corrected chi connectivity index (χ4v) is 5.17. The lowest BCUT2D eigenvalue weighted by Gasteiger charge is -2.23. The van der Waals surface area contributed by atoms with Crippen molar-refractivity contribution in [3.63, 3.8) is 0 Å². The summed E-state index contributed by atoms with van der Waals surface area (Å²) >= 11 is 0. The zero-order valence-corrected chi connectivity index (χ0v) is 49.7. The van der Waals surface area contributed by atoms with Crippen molar-refractivity contribution in [2.45, 2.75) is 178 Å². The Balaban J connectivity index is -0.000000191. The van der Waals surface area contributed by atoms with Crippen molar-refractivity contribution in [1.82, 2.24) is 4.90 Å². The van der Waals surface area contributed by atoms with Gasteiger partial charge in [0.1, 0.15) is 42.1 Å². The van der Waals surface area contributed by atoms with Crippen molar-refractivity contribution in [2.24, 2.45) is 57.7 Å². The van der Waals surface area contributed by atoms with Crippen LogP contribution in [0.2, 0.25) is 0 Å². The number of carboxylic acid groups (broad SMARTS) is 4. The van der Waals surface area contributed by atoms with E-state index in [0.717, 1.165) is 0 Å². The lowest BCUT2D eigenvalue weighted by Crippen LogP contribution is -2.32. The Labute approximate surface area is 448 Å². The first-order valence-corrected chi connectivity index (χ1v) is 25.4. The number of hydrogen-bond donors (Lipinski definition) is 4. The molecule has 0 bridgehead atoms. The molecule has 0 rings (SSSR count). The maximum absolute atomic E-state index is 11.5. The Hall–Kier alpha value is -5.24. The highest BCUT2D eigenvalue weighted by atomic mass is 16.5. The number of rotatable bonds is 29. The van der Waals surface area contributed by atoms with Gasteiger partial charge in [-0.3, -0.25) is 57.6 Å². The van der Waals surface area contributed by atoms with Crippen molar-refractivity contribution in [3.05, 3.63) is 0 Å². The second kappa shape index (κ2) is 41.9. The minimum absolute atomic E-state index is 0.00222. The van der Waals surface area contributed by atoms with E-state index in [0.29, 0.717) is 26.1 Å². The third kappa shape index (κ3) is 49.4. The molecule has 0 aliphatic rings. The van der Waals surface area contributed by atoms with Gasteiger partial charge in [-0.2, -0.15) is 0 Å². The number of nitrogens with zero attached hydrogens (tertiary/aromatic N) is 1. The number of ketones is 6. The Kier molecular flexibility index (Phi) is 45.4. The van der Waals surface area contributed by atoms with Crippen LogP contribution in [0.4, 0.5) is 0 Å². The van der Waals surface area contributed by atoms with Gasteiger partial charge in [0.2, 0.25) is 0 Å². The molecule has 438 valence electrons. The number of ether oxygens (including phenoxy) is 3. The normalized spacial score (nSPS) is 11.5. The van der Waals surface area contributed by atoms with Crippen LogP contribution in [-0.2, 0) is 71.7 Å². The molecule has 0 saturated heterocycles. The number of hydrogen-bond acceptors (Lipinski definition) is 16. The van der Waals surface area contributed by atoms with E-state index in [-0.39, 0.29) is 132 Å². The minimum atomic E-state index is -1.05. The second-order valence-corrected chi connectivity index (χ2v) is 22.1. The summed E-state index contributed by atoms with van der Waals surface area (Å²) < 4.78 is 14.3. The van der Waals surface area contributed by atoms with Crippen LogP contribution in [-0.4, -0.2) is 142 Å². The van der Waals surface area contributed by atoms with Gasteiger partial charge in [-0.05, 0) is 54.0 Å². The molecule has 0 fully saturated rings. The molecule has 4 N–H and O–H groups in total. The second-order valence-electron chi connectivity index (χ2n) is 22.1. The molecule has 0 saturated carbocycles. The number of esters is 2. The molecule has 20 heteroatoms. The highest BCUT2D eigenvalue weighted by Crippen LogP contribution is 2.28. The van der Waals surface area contributed by atoms with Gasteiger partial charge in [-0.25, -0.2) is 4.79 Å². The number of carbonyl (C=O) groups excluding carboxylic acids is 8. The summed E-state index contributed by atoms with van der Waals surface area (Å²) in [5, 5.41) is 33.6. The zero-order chi connectivity index (χ0) is 60.9. The van der Waals surface area contributed by atoms with Crippen molar-refractivity contribution < 1.29 is 92.2 Å². The van der Waals surface area contributed by atoms with Crippen molar-refractivity contribution in [1.29, 1.82) is 0 Å². The summed E-state index contributed by atoms with van der Waals surface area (Å²) in [5.41, 5.74) is -1.92. The largest absolute Gasteiger partial charge is 0.481 e. The van der Waals surface area contributed by atoms with Crippen molar-refractivity contribution >= 4 is 70.5 Å². The SMILES string of the molecule is CC(C)C(=O)C(C)CC(=O)O.CC(C)C(=O)CC(C)(C)C(=O)O.CC(C)C(=O)CN(C)CC(=O)O.CC(C)C(=O)COCC(=O)O.CCOC(=O)C(C)(C)CC(=O)C(C)C.CCOC(=O)CC(C)(C)CC(=O)C(C)C. The van der Waals surface area contributed by atoms with Crippen LogP contribution in [0, 0.1) is 57.7 Å². The number of carbonyl (C=O) groups is 12. The molecule has 75 heavy (non-hydrogen) atoms. The first-order chi connectivity index (χ1) is 33.8. The fraction of sp³-hybridized carbons (Fsp3) is 0.782. The maximum Gasteiger partial charge on any atom is 0.329 e. The molecule has 0 aliphatic carbocycles. The van der Waals surface area contributed by atoms with Gasteiger partial charge in [-0.1, -0.05) is 104 Å². The van der Waals surface area contributed by atoms with E-state index >= 15 is 0 Å². The quantitative estimate of drug-likeness (QED) is 0.0511. The Morgan fingerprint density at radius 3 is 1.15 bits per heavy atom. The van der Waals surface area contributed by atoms with Crippen LogP contribution in [0.1, 0.15) is 178 Å². The Morgan fingerprint density at radius 2 is 0.827 bits per heavy atom. The van der Waals surface area contributed by atoms with Crippen molar-refractivity contribution in [2.75, 3.05) is 46.6 Å². The summed E-state index contributed by atoms with van der Waals surface area (Å²) in [6.07, 6.45) is 1.04. The lowest BCUT2D eigenvalue weighted by molar-refractivity contribution is -0.155. The number of carboxylic acids is 4. The Morgan fingerprint density at radius 1 is 0.440 bits per heavy atom. The third-order valence-corrected chi connectivity index (χ3v) is 10.3. The fourth-order valence-electron chi connectivity index (χ4n) is 5.17. The average Bonchev–Trinajstić information content (AvgIpc) is 3.22. The van der Waals surface area contributed by atoms with Crippen LogP contribution < -0.4 is 0 Å². The van der Waals surface area contributed by atoms with Crippen LogP contribution in [0.5, 0.6) is 0 Å². The van der Waals surface area contributed by atoms with Crippen LogP contribution in [0.15, 0.2) is 0 Å². The van der Waals surface area contributed by atoms with E-state index in [9.17, 15) is 57.5 Å². The summed E-state index contributed by atoms with van der Waals surface area (Å²) in [6.45, 7) is 37.7. The summed E-state index contributed by atoms with van der Waals surface area (Å²) in [7, 11) is 1.62. The highest BCUT2D eigenvalue weighted by molar-refractivity contribution is 5.88. The predicted octanol–water partition coefficient (Wildman–Crippen LogP) is 8.35. The first kappa shape index (κ1) is 81.1. The molecular weight excluding hydrogens is 979 g/mol. The minimum Gasteiger partial charge on any atom is -0.481 e. The molecule has 0 aliphatic heterocycles. The number of aliphatic carboxylic acids is 4. The predicted molar refractivity (Wildman–Crippen MR) is 285 cm³/mol. The molecule has 0 aromatic heterocycles. The monoisotopic (exact) mass is 1080 g/mol. The molecule has 0 aromatic carbocycles. The van der Waals surface area contributed by atoms with Gasteiger partial charge < -0.3 is 34.6 Å². The van der Waals surface area contributed by atoms with Crippen LogP contribution >= 0.6 is 0 Å². The van der Waals surface area contributed by atoms with Crippen LogP contribution in [0.3, 0.4) is 0 Å². The van der Waals surface area contributed by atoms with Gasteiger partial charge in [0, 0.05) is 60.7 Å². The number of likely N-dealkylation sites (N-methyl/N-ethyl adjacent to an activating group) is 1. The first-order valence-electron chi connectivity index (χ1n) is 25.4. The molecule has 0 heterocycles. The Bertz CT molecular complexity index is 1790. The van der Waals surface area contributed by atoms with E-state index in [2.05, 4.69) is 4.74 Å². The van der Waals surface area contributed by atoms with E-state index in [4.69, 9.17) is 29.9 Å². The molecule has 1 unspecified atom stereocenters. The molecule has 1 atom stereocenters. The average molecular weight is 1080 g/mol. The molecular formula is C55H99NO19. The topological polar surface area (TPSA) is 317 Å². The lowest BCUT2D eigenvalue weighted by atomic mass is 9.82. The van der Waals surface area contributed by atoms with Gasteiger partial charge in [0.15, 0.2) is 5.78 Å². The van der Waals surface area contributed by atoms with Crippen LogP contribution in [0.25, 0.3) is 0 Å². The number of Topliss-reactive ketones (excluding diaryl/α,β-unsaturated/α-hetero) is 6. The van der Waals surface area contributed by atoms with Gasteiger partial charge in [-0.15, -0.1) is 0 Å². The molecule has 0 amide bonds. The van der Waals surface area contributed by atoms with Gasteiger partial charge in [0.05, 0.1) is 50.0 Å². The third-order valence-electron chi connectivity index (χ3n) is 10.3. The molecule has 0 aromatic rings. The van der Waals surface area contributed by atoms with E-state index in [1.54, 1.807) is 111 Å². The van der Waals surface area contributed by atoms with Crippen molar-refractivity contribution in [3.8, 4) is 0 Å². The summed E-state index contributed by atoms with van der Waals surface area (Å²) in [4.78, 5) is 132. The van der Waals surface area contributed by atoms with E-state index < -0.39 is 41.3 Å². The molecule has 0 spiro atoms. The molecule has 0 radical (unpaired) electrons. The summed E-state index contributed by atoms with van der Waals surface area (Å²) in [5.74, 6) is -4.61. The van der Waals surface area contributed by atoms with Gasteiger partial charge in [0.25, 0.3) is 0 Å². The molecule has 20 nitrogen and oxygen atoms in total.